The largest absolute Gasteiger partial charge is 0.386 e. The van der Waals surface area contributed by atoms with Gasteiger partial charge in [0.05, 0.1) is 11.7 Å². The smallest absolute Gasteiger partial charge is 0.105 e. The molecule has 2 N–H and O–H groups in total. The lowest BCUT2D eigenvalue weighted by atomic mass is 9.85. The third-order valence-corrected chi connectivity index (χ3v) is 6.24. The van der Waals surface area contributed by atoms with E-state index in [9.17, 15) is 5.11 Å². The zero-order chi connectivity index (χ0) is 14.1. The minimum absolute atomic E-state index is 0.0603. The van der Waals surface area contributed by atoms with E-state index < -0.39 is 5.60 Å². The van der Waals surface area contributed by atoms with E-state index in [-0.39, 0.29) is 11.7 Å². The molecular weight excluding hydrogens is 274 g/mol. The van der Waals surface area contributed by atoms with Crippen molar-refractivity contribution in [1.29, 1.82) is 0 Å². The van der Waals surface area contributed by atoms with Crippen molar-refractivity contribution < 1.29 is 14.6 Å². The first-order valence-corrected chi connectivity index (χ1v) is 9.07. The lowest BCUT2D eigenvalue weighted by Crippen LogP contribution is -2.53. The van der Waals surface area contributed by atoms with E-state index in [1.807, 2.05) is 18.7 Å². The molecule has 0 saturated carbocycles. The Bertz CT molecular complexity index is 330. The fraction of sp³-hybridized carbons (Fsp3) is 1.00. The molecule has 0 aromatic heterocycles. The van der Waals surface area contributed by atoms with Crippen LogP contribution in [0.4, 0.5) is 0 Å². The Hall–Kier alpha value is 0.190. The van der Waals surface area contributed by atoms with Gasteiger partial charge in [0.1, 0.15) is 5.60 Å². The second kappa shape index (κ2) is 6.13. The first-order chi connectivity index (χ1) is 9.62. The summed E-state index contributed by atoms with van der Waals surface area (Å²) in [5.41, 5.74) is -0.574. The zero-order valence-electron chi connectivity index (χ0n) is 12.4. The molecule has 0 aliphatic carbocycles. The van der Waals surface area contributed by atoms with Crippen LogP contribution in [0.15, 0.2) is 0 Å². The van der Waals surface area contributed by atoms with E-state index in [0.717, 1.165) is 25.9 Å². The van der Waals surface area contributed by atoms with Crippen molar-refractivity contribution in [2.75, 3.05) is 31.3 Å². The Labute approximate surface area is 126 Å². The molecule has 5 heteroatoms. The fourth-order valence-electron chi connectivity index (χ4n) is 3.62. The summed E-state index contributed by atoms with van der Waals surface area (Å²) < 4.78 is 11.6. The van der Waals surface area contributed by atoms with Crippen molar-refractivity contribution in [1.82, 2.24) is 5.32 Å². The van der Waals surface area contributed by atoms with Gasteiger partial charge in [0.15, 0.2) is 0 Å². The standard InChI is InChI=1S/C15H27NO3S/c1-12-15(17,3-7-18-12)11-16-13-2-6-19-14(10-13)4-8-20-9-5-14/h12-13,16-17H,2-11H2,1H3. The van der Waals surface area contributed by atoms with E-state index in [4.69, 9.17) is 9.47 Å². The van der Waals surface area contributed by atoms with Gasteiger partial charge in [0, 0.05) is 32.2 Å². The quantitative estimate of drug-likeness (QED) is 0.828. The Balaban J connectivity index is 1.52. The summed E-state index contributed by atoms with van der Waals surface area (Å²) in [7, 11) is 0. The van der Waals surface area contributed by atoms with Crippen molar-refractivity contribution in [2.24, 2.45) is 0 Å². The number of aliphatic hydroxyl groups is 1. The maximum Gasteiger partial charge on any atom is 0.105 e. The molecule has 3 aliphatic rings. The molecule has 0 amide bonds. The molecule has 1 spiro atoms. The molecule has 3 unspecified atom stereocenters. The van der Waals surface area contributed by atoms with Crippen LogP contribution in [0.2, 0.25) is 0 Å². The molecule has 0 aromatic carbocycles. The minimum Gasteiger partial charge on any atom is -0.386 e. The molecule has 3 aliphatic heterocycles. The molecular formula is C15H27NO3S. The third-order valence-electron chi connectivity index (χ3n) is 5.25. The number of rotatable bonds is 3. The highest BCUT2D eigenvalue weighted by atomic mass is 32.2. The number of ether oxygens (including phenoxy) is 2. The number of hydrogen-bond acceptors (Lipinski definition) is 5. The molecule has 0 bridgehead atoms. The van der Waals surface area contributed by atoms with Crippen molar-refractivity contribution in [2.45, 2.75) is 62.4 Å². The predicted octanol–water partition coefficient (Wildman–Crippen LogP) is 1.56. The second-order valence-electron chi connectivity index (χ2n) is 6.58. The van der Waals surface area contributed by atoms with Crippen LogP contribution in [-0.2, 0) is 9.47 Å². The lowest BCUT2D eigenvalue weighted by molar-refractivity contribution is -0.0968. The minimum atomic E-state index is -0.687. The molecule has 4 nitrogen and oxygen atoms in total. The van der Waals surface area contributed by atoms with Crippen LogP contribution in [0.3, 0.4) is 0 Å². The van der Waals surface area contributed by atoms with Crippen LogP contribution < -0.4 is 5.32 Å². The van der Waals surface area contributed by atoms with Crippen molar-refractivity contribution in [3.05, 3.63) is 0 Å². The maximum atomic E-state index is 10.6. The normalized spacial score (nSPS) is 41.1. The molecule has 20 heavy (non-hydrogen) atoms. The SMILES string of the molecule is CC1OCCC1(O)CNC1CCOC2(CCSCC2)C1. The van der Waals surface area contributed by atoms with Gasteiger partial charge in [-0.2, -0.15) is 11.8 Å². The molecule has 3 fully saturated rings. The summed E-state index contributed by atoms with van der Waals surface area (Å²) in [6, 6.07) is 0.476. The summed E-state index contributed by atoms with van der Waals surface area (Å²) in [4.78, 5) is 0. The van der Waals surface area contributed by atoms with Crippen molar-refractivity contribution in [3.63, 3.8) is 0 Å². The van der Waals surface area contributed by atoms with Crippen LogP contribution in [0.5, 0.6) is 0 Å². The number of thioether (sulfide) groups is 1. The van der Waals surface area contributed by atoms with E-state index in [1.54, 1.807) is 0 Å². The second-order valence-corrected chi connectivity index (χ2v) is 7.81. The van der Waals surface area contributed by atoms with E-state index in [0.29, 0.717) is 19.2 Å². The summed E-state index contributed by atoms with van der Waals surface area (Å²) >= 11 is 2.04. The van der Waals surface area contributed by atoms with Gasteiger partial charge in [0.2, 0.25) is 0 Å². The van der Waals surface area contributed by atoms with Crippen LogP contribution in [-0.4, -0.2) is 59.7 Å². The van der Waals surface area contributed by atoms with Gasteiger partial charge >= 0.3 is 0 Å². The summed E-state index contributed by atoms with van der Waals surface area (Å²) in [5.74, 6) is 2.45. The molecule has 0 aromatic rings. The Morgan fingerprint density at radius 2 is 2.05 bits per heavy atom. The molecule has 3 rings (SSSR count). The van der Waals surface area contributed by atoms with Gasteiger partial charge in [-0.15, -0.1) is 0 Å². The van der Waals surface area contributed by atoms with Gasteiger partial charge in [-0.05, 0) is 44.1 Å². The van der Waals surface area contributed by atoms with Crippen LogP contribution in [0, 0.1) is 0 Å². The van der Waals surface area contributed by atoms with Crippen LogP contribution >= 0.6 is 11.8 Å². The van der Waals surface area contributed by atoms with E-state index in [1.165, 1.54) is 24.3 Å². The van der Waals surface area contributed by atoms with Gasteiger partial charge in [-0.25, -0.2) is 0 Å². The van der Waals surface area contributed by atoms with Crippen molar-refractivity contribution in [3.8, 4) is 0 Å². The van der Waals surface area contributed by atoms with Gasteiger partial charge in [-0.3, -0.25) is 0 Å². The Morgan fingerprint density at radius 1 is 1.25 bits per heavy atom. The molecule has 3 heterocycles. The first-order valence-electron chi connectivity index (χ1n) is 7.91. The van der Waals surface area contributed by atoms with Gasteiger partial charge in [0.25, 0.3) is 0 Å². The van der Waals surface area contributed by atoms with Crippen LogP contribution in [0.1, 0.15) is 39.0 Å². The molecule has 3 atom stereocenters. The maximum absolute atomic E-state index is 10.6. The molecule has 3 saturated heterocycles. The molecule has 116 valence electrons. The average Bonchev–Trinajstić information content (AvgIpc) is 2.78. The number of hydrogen-bond donors (Lipinski definition) is 2. The topological polar surface area (TPSA) is 50.7 Å². The Kier molecular flexibility index (Phi) is 4.63. The van der Waals surface area contributed by atoms with E-state index >= 15 is 0 Å². The third kappa shape index (κ3) is 3.17. The highest BCUT2D eigenvalue weighted by molar-refractivity contribution is 7.99. The zero-order valence-corrected chi connectivity index (χ0v) is 13.2. The number of nitrogens with one attached hydrogen (secondary N) is 1. The first kappa shape index (κ1) is 15.1. The summed E-state index contributed by atoms with van der Waals surface area (Å²) in [6.45, 7) is 4.14. The van der Waals surface area contributed by atoms with E-state index in [2.05, 4.69) is 5.32 Å². The summed E-state index contributed by atoms with van der Waals surface area (Å²) in [5, 5.41) is 14.2. The van der Waals surface area contributed by atoms with Gasteiger partial charge in [-0.1, -0.05) is 0 Å². The fourth-order valence-corrected chi connectivity index (χ4v) is 4.85. The average molecular weight is 301 g/mol. The highest BCUT2D eigenvalue weighted by Gasteiger charge is 2.42. The van der Waals surface area contributed by atoms with Crippen molar-refractivity contribution >= 4 is 11.8 Å². The monoisotopic (exact) mass is 301 g/mol. The Morgan fingerprint density at radius 3 is 2.75 bits per heavy atom. The lowest BCUT2D eigenvalue weighted by Gasteiger charge is -2.44. The summed E-state index contributed by atoms with van der Waals surface area (Å²) in [6.07, 6.45) is 5.19. The van der Waals surface area contributed by atoms with Gasteiger partial charge < -0.3 is 19.9 Å². The van der Waals surface area contributed by atoms with Crippen LogP contribution in [0.25, 0.3) is 0 Å². The molecule has 0 radical (unpaired) electrons. The predicted molar refractivity (Wildman–Crippen MR) is 81.2 cm³/mol. The highest BCUT2D eigenvalue weighted by Crippen LogP contribution is 2.37.